The summed E-state index contributed by atoms with van der Waals surface area (Å²) in [6.07, 6.45) is 2.24. The Hall–Kier alpha value is 0.274. The van der Waals surface area contributed by atoms with Gasteiger partial charge in [-0.1, -0.05) is 13.3 Å². The van der Waals surface area contributed by atoms with Crippen molar-refractivity contribution in [3.05, 3.63) is 0 Å². The van der Waals surface area contributed by atoms with Gasteiger partial charge in [-0.3, -0.25) is 0 Å². The van der Waals surface area contributed by atoms with Gasteiger partial charge in [0.2, 0.25) is 0 Å². The van der Waals surface area contributed by atoms with E-state index in [2.05, 4.69) is 6.92 Å². The summed E-state index contributed by atoms with van der Waals surface area (Å²) in [5.74, 6) is 0. The highest BCUT2D eigenvalue weighted by molar-refractivity contribution is 7.12. The van der Waals surface area contributed by atoms with E-state index in [1.54, 1.807) is 21.3 Å². The molecule has 0 aromatic carbocycles. The van der Waals surface area contributed by atoms with Crippen molar-refractivity contribution in [2.24, 2.45) is 0 Å². The molecular weight excluding hydrogens is 204 g/mol. The van der Waals surface area contributed by atoms with Crippen molar-refractivity contribution in [2.45, 2.75) is 19.8 Å². The largest absolute Gasteiger partial charge is 0.494 e. The standard InChI is InChI=1S/C7H20O4Si2/c1-5-6-7-11-12-13(8-2,9-3)10-4/h5-7,12H2,1-4H3. The summed E-state index contributed by atoms with van der Waals surface area (Å²) in [7, 11) is 1.68. The molecule has 0 unspecified atom stereocenters. The van der Waals surface area contributed by atoms with E-state index in [1.165, 1.54) is 0 Å². The SMILES string of the molecule is CCCCO[SiH2][Si](OC)(OC)OC. The van der Waals surface area contributed by atoms with Crippen molar-refractivity contribution in [3.63, 3.8) is 0 Å². The highest BCUT2D eigenvalue weighted by Crippen LogP contribution is 2.04. The van der Waals surface area contributed by atoms with Gasteiger partial charge in [-0.25, -0.2) is 0 Å². The normalized spacial score (nSPS) is 12.9. The summed E-state index contributed by atoms with van der Waals surface area (Å²) in [5.41, 5.74) is 0. The van der Waals surface area contributed by atoms with E-state index >= 15 is 0 Å². The number of rotatable bonds is 8. The van der Waals surface area contributed by atoms with Crippen LogP contribution in [0, 0.1) is 0 Å². The van der Waals surface area contributed by atoms with Crippen molar-refractivity contribution in [1.29, 1.82) is 0 Å². The van der Waals surface area contributed by atoms with Crippen molar-refractivity contribution in [2.75, 3.05) is 27.9 Å². The molecule has 0 aromatic rings. The van der Waals surface area contributed by atoms with Crippen LogP contribution in [0.5, 0.6) is 0 Å². The zero-order chi connectivity index (χ0) is 10.2. The topological polar surface area (TPSA) is 36.9 Å². The first-order valence-electron chi connectivity index (χ1n) is 4.48. The zero-order valence-corrected chi connectivity index (χ0v) is 11.4. The quantitative estimate of drug-likeness (QED) is 0.438. The summed E-state index contributed by atoms with van der Waals surface area (Å²) in [5, 5.41) is 0. The van der Waals surface area contributed by atoms with Crippen LogP contribution in [0.1, 0.15) is 19.8 Å². The third kappa shape index (κ3) is 4.89. The van der Waals surface area contributed by atoms with E-state index in [-0.39, 0.29) is 0 Å². The molecule has 0 saturated heterocycles. The maximum atomic E-state index is 5.54. The smallest absolute Gasteiger partial charge is 0.418 e. The molecule has 4 nitrogen and oxygen atoms in total. The second kappa shape index (κ2) is 7.66. The van der Waals surface area contributed by atoms with Crippen molar-refractivity contribution < 1.29 is 17.7 Å². The lowest BCUT2D eigenvalue weighted by Gasteiger charge is -2.23. The van der Waals surface area contributed by atoms with Crippen LogP contribution in [0.3, 0.4) is 0 Å². The number of hydrogen-bond donors (Lipinski definition) is 0. The molecule has 0 rings (SSSR count). The Morgan fingerprint density at radius 2 is 1.62 bits per heavy atom. The summed E-state index contributed by atoms with van der Waals surface area (Å²) in [6.45, 7) is 2.94. The average molecular weight is 224 g/mol. The van der Waals surface area contributed by atoms with Crippen LogP contribution in [-0.2, 0) is 17.7 Å². The minimum Gasteiger partial charge on any atom is -0.418 e. The van der Waals surface area contributed by atoms with Crippen LogP contribution >= 0.6 is 0 Å². The average Bonchev–Trinajstić information content (AvgIpc) is 2.20. The number of unbranched alkanes of at least 4 members (excludes halogenated alkanes) is 1. The first-order valence-corrected chi connectivity index (χ1v) is 9.11. The van der Waals surface area contributed by atoms with Gasteiger partial charge in [-0.2, -0.15) is 0 Å². The van der Waals surface area contributed by atoms with Gasteiger partial charge < -0.3 is 17.7 Å². The lowest BCUT2D eigenvalue weighted by Crippen LogP contribution is -2.50. The van der Waals surface area contributed by atoms with E-state index in [4.69, 9.17) is 17.7 Å². The van der Waals surface area contributed by atoms with Crippen molar-refractivity contribution in [3.8, 4) is 0 Å². The predicted molar refractivity (Wildman–Crippen MR) is 56.2 cm³/mol. The van der Waals surface area contributed by atoms with Crippen molar-refractivity contribution >= 4 is 17.6 Å². The highest BCUT2D eigenvalue weighted by Gasteiger charge is 2.38. The molecule has 0 aliphatic heterocycles. The molecule has 0 N–H and O–H groups in total. The van der Waals surface area contributed by atoms with E-state index in [0.29, 0.717) is 0 Å². The Kier molecular flexibility index (Phi) is 7.82. The molecule has 0 aliphatic rings. The summed E-state index contributed by atoms with van der Waals surface area (Å²) in [6, 6.07) is 0. The van der Waals surface area contributed by atoms with Crippen LogP contribution < -0.4 is 0 Å². The molecule has 0 fully saturated rings. The van der Waals surface area contributed by atoms with E-state index < -0.39 is 17.6 Å². The van der Waals surface area contributed by atoms with Crippen LogP contribution in [0.4, 0.5) is 0 Å². The molecule has 0 atom stereocenters. The summed E-state index contributed by atoms with van der Waals surface area (Å²) >= 11 is 0. The molecule has 0 bridgehead atoms. The maximum Gasteiger partial charge on any atom is 0.494 e. The van der Waals surface area contributed by atoms with Gasteiger partial charge in [0, 0.05) is 27.9 Å². The van der Waals surface area contributed by atoms with Gasteiger partial charge in [-0.15, -0.1) is 0 Å². The minimum atomic E-state index is -2.35. The molecule has 0 spiro atoms. The van der Waals surface area contributed by atoms with Gasteiger partial charge in [0.15, 0.2) is 0 Å². The molecule has 0 saturated carbocycles. The fourth-order valence-electron chi connectivity index (χ4n) is 0.870. The zero-order valence-electron chi connectivity index (χ0n) is 8.96. The molecule has 0 radical (unpaired) electrons. The molecule has 0 amide bonds. The second-order valence-corrected chi connectivity index (χ2v) is 9.45. The minimum absolute atomic E-state index is 0.799. The molecule has 13 heavy (non-hydrogen) atoms. The van der Waals surface area contributed by atoms with Gasteiger partial charge in [0.1, 0.15) is 0 Å². The van der Waals surface area contributed by atoms with Gasteiger partial charge >= 0.3 is 8.32 Å². The van der Waals surface area contributed by atoms with Crippen molar-refractivity contribution in [1.82, 2.24) is 0 Å². The Morgan fingerprint density at radius 3 is 2.00 bits per heavy atom. The molecule has 0 heterocycles. The highest BCUT2D eigenvalue weighted by atomic mass is 29.2. The monoisotopic (exact) mass is 224 g/mol. The Labute approximate surface area is 83.6 Å². The number of hydrogen-bond acceptors (Lipinski definition) is 4. The van der Waals surface area contributed by atoms with E-state index in [1.807, 2.05) is 0 Å². The predicted octanol–water partition coefficient (Wildman–Crippen LogP) is 0.262. The lowest BCUT2D eigenvalue weighted by molar-refractivity contribution is 0.140. The fourth-order valence-corrected chi connectivity index (χ4v) is 4.57. The van der Waals surface area contributed by atoms with Gasteiger partial charge in [0.25, 0.3) is 9.28 Å². The van der Waals surface area contributed by atoms with Crippen LogP contribution in [-0.4, -0.2) is 45.5 Å². The third-order valence-corrected chi connectivity index (χ3v) is 8.84. The molecule has 0 aromatic heterocycles. The fraction of sp³-hybridized carbons (Fsp3) is 1.00. The molecular formula is C7H20O4Si2. The Bertz CT molecular complexity index is 111. The van der Waals surface area contributed by atoms with Crippen LogP contribution in [0.2, 0.25) is 0 Å². The van der Waals surface area contributed by atoms with E-state index in [9.17, 15) is 0 Å². The van der Waals surface area contributed by atoms with Gasteiger partial charge in [-0.05, 0) is 6.42 Å². The summed E-state index contributed by atoms with van der Waals surface area (Å²) in [4.78, 5) is 0. The maximum absolute atomic E-state index is 5.54. The molecule has 80 valence electrons. The Morgan fingerprint density at radius 1 is 1.08 bits per heavy atom. The first-order chi connectivity index (χ1) is 6.24. The first kappa shape index (κ1) is 13.3. The van der Waals surface area contributed by atoms with Crippen LogP contribution in [0.25, 0.3) is 0 Å². The van der Waals surface area contributed by atoms with E-state index in [0.717, 1.165) is 19.4 Å². The summed E-state index contributed by atoms with van der Waals surface area (Å²) < 4.78 is 21.3. The van der Waals surface area contributed by atoms with Gasteiger partial charge in [0.05, 0.1) is 0 Å². The third-order valence-electron chi connectivity index (χ3n) is 1.85. The van der Waals surface area contributed by atoms with Crippen LogP contribution in [0.15, 0.2) is 0 Å². The molecule has 6 heteroatoms. The lowest BCUT2D eigenvalue weighted by atomic mass is 10.4. The Balaban J connectivity index is 3.68. The second-order valence-electron chi connectivity index (χ2n) is 2.70. The molecule has 0 aliphatic carbocycles.